The number of hydrogen-bond donors (Lipinski definition) is 1. The van der Waals surface area contributed by atoms with Gasteiger partial charge in [0.25, 0.3) is 0 Å². The molecule has 2 aromatic rings. The minimum atomic E-state index is 0.310. The first-order valence-electron chi connectivity index (χ1n) is 7.79. The molecule has 4 nitrogen and oxygen atoms in total. The number of nitrogens with zero attached hydrogens (tertiary/aromatic N) is 2. The highest BCUT2D eigenvalue weighted by atomic mass is 16.5. The van der Waals surface area contributed by atoms with Crippen molar-refractivity contribution in [1.82, 2.24) is 4.98 Å². The van der Waals surface area contributed by atoms with E-state index in [2.05, 4.69) is 22.9 Å². The number of fused-ring (bicyclic) bond motifs is 1. The quantitative estimate of drug-likeness (QED) is 0.937. The molecule has 3 rings (SSSR count). The molecule has 2 heterocycles. The molecule has 1 unspecified atom stereocenters. The molecule has 0 bridgehead atoms. The lowest BCUT2D eigenvalue weighted by Gasteiger charge is -2.35. The van der Waals surface area contributed by atoms with Crippen molar-refractivity contribution >= 4 is 22.3 Å². The van der Waals surface area contributed by atoms with Crippen LogP contribution in [0, 0.1) is 0 Å². The van der Waals surface area contributed by atoms with Crippen LogP contribution in [0.15, 0.2) is 30.5 Å². The molecule has 21 heavy (non-hydrogen) atoms. The van der Waals surface area contributed by atoms with Gasteiger partial charge in [0, 0.05) is 25.1 Å². The standard InChI is InChI=1S/C17H23N3O/c1-2-10-21-13-6-5-9-20(12-13)17-14-7-3-4-8-16(14)19-11-15(17)18/h3-4,7-8,11,13H,2,5-6,9-10,12,18H2,1H3. The molecule has 0 amide bonds. The van der Waals surface area contributed by atoms with Crippen LogP contribution in [0.25, 0.3) is 10.9 Å². The maximum absolute atomic E-state index is 6.22. The van der Waals surface area contributed by atoms with Gasteiger partial charge in [-0.15, -0.1) is 0 Å². The van der Waals surface area contributed by atoms with E-state index in [4.69, 9.17) is 10.5 Å². The van der Waals surface area contributed by atoms with Crippen molar-refractivity contribution in [1.29, 1.82) is 0 Å². The molecule has 112 valence electrons. The summed E-state index contributed by atoms with van der Waals surface area (Å²) in [6.07, 6.45) is 5.43. The van der Waals surface area contributed by atoms with E-state index in [-0.39, 0.29) is 0 Å². The number of anilines is 2. The second-order valence-corrected chi connectivity index (χ2v) is 5.66. The Hall–Kier alpha value is -1.81. The van der Waals surface area contributed by atoms with E-state index in [0.29, 0.717) is 6.10 Å². The third-order valence-electron chi connectivity index (χ3n) is 4.03. The largest absolute Gasteiger partial charge is 0.396 e. The number of piperidine rings is 1. The Morgan fingerprint density at radius 1 is 1.38 bits per heavy atom. The van der Waals surface area contributed by atoms with Crippen LogP contribution in [0.3, 0.4) is 0 Å². The van der Waals surface area contributed by atoms with Crippen LogP contribution in [0.1, 0.15) is 26.2 Å². The number of aromatic nitrogens is 1. The predicted octanol–water partition coefficient (Wildman–Crippen LogP) is 3.21. The number of hydrogen-bond acceptors (Lipinski definition) is 4. The molecule has 0 radical (unpaired) electrons. The summed E-state index contributed by atoms with van der Waals surface area (Å²) in [5, 5.41) is 1.13. The molecule has 1 saturated heterocycles. The van der Waals surface area contributed by atoms with Gasteiger partial charge in [-0.25, -0.2) is 0 Å². The number of nitrogens with two attached hydrogens (primary N) is 1. The fourth-order valence-corrected chi connectivity index (χ4v) is 3.06. The third kappa shape index (κ3) is 2.95. The van der Waals surface area contributed by atoms with Crippen molar-refractivity contribution in [3.05, 3.63) is 30.5 Å². The fourth-order valence-electron chi connectivity index (χ4n) is 3.06. The Labute approximate surface area is 125 Å². The van der Waals surface area contributed by atoms with Crippen LogP contribution in [-0.4, -0.2) is 30.8 Å². The summed E-state index contributed by atoms with van der Waals surface area (Å²) in [6.45, 7) is 4.93. The van der Waals surface area contributed by atoms with Crippen LogP contribution < -0.4 is 10.6 Å². The van der Waals surface area contributed by atoms with Gasteiger partial charge in [-0.2, -0.15) is 0 Å². The van der Waals surface area contributed by atoms with E-state index in [1.165, 1.54) is 0 Å². The summed E-state index contributed by atoms with van der Waals surface area (Å²) in [6, 6.07) is 8.19. The number of nitrogen functional groups attached to an aromatic ring is 1. The molecule has 1 aromatic heterocycles. The Balaban J connectivity index is 1.90. The smallest absolute Gasteiger partial charge is 0.0750 e. The zero-order valence-electron chi connectivity index (χ0n) is 12.6. The topological polar surface area (TPSA) is 51.4 Å². The van der Waals surface area contributed by atoms with Crippen LogP contribution in [0.5, 0.6) is 0 Å². The summed E-state index contributed by atoms with van der Waals surface area (Å²) in [7, 11) is 0. The first-order valence-corrected chi connectivity index (χ1v) is 7.79. The molecule has 2 N–H and O–H groups in total. The molecule has 1 aliphatic heterocycles. The zero-order chi connectivity index (χ0) is 14.7. The summed E-state index contributed by atoms with van der Waals surface area (Å²) in [4.78, 5) is 6.79. The van der Waals surface area contributed by atoms with Crippen molar-refractivity contribution in [2.24, 2.45) is 0 Å². The Bertz CT molecular complexity index is 614. The van der Waals surface area contributed by atoms with Crippen LogP contribution in [0.4, 0.5) is 11.4 Å². The maximum atomic E-state index is 6.22. The summed E-state index contributed by atoms with van der Waals surface area (Å²) < 4.78 is 5.94. The SMILES string of the molecule is CCCOC1CCCN(c2c(N)cnc3ccccc23)C1. The molecule has 1 aliphatic rings. The summed E-state index contributed by atoms with van der Waals surface area (Å²) in [5.41, 5.74) is 9.09. The van der Waals surface area contributed by atoms with E-state index in [0.717, 1.165) is 61.2 Å². The van der Waals surface area contributed by atoms with Crippen molar-refractivity contribution < 1.29 is 4.74 Å². The molecule has 4 heteroatoms. The van der Waals surface area contributed by atoms with E-state index >= 15 is 0 Å². The molecule has 1 fully saturated rings. The van der Waals surface area contributed by atoms with E-state index in [1.807, 2.05) is 18.2 Å². The molecular weight excluding hydrogens is 262 g/mol. The van der Waals surface area contributed by atoms with Crippen LogP contribution in [0.2, 0.25) is 0 Å². The zero-order valence-corrected chi connectivity index (χ0v) is 12.6. The van der Waals surface area contributed by atoms with Crippen molar-refractivity contribution in [3.63, 3.8) is 0 Å². The lowest BCUT2D eigenvalue weighted by Crippen LogP contribution is -2.40. The number of rotatable bonds is 4. The van der Waals surface area contributed by atoms with Gasteiger partial charge in [0.05, 0.1) is 29.2 Å². The Morgan fingerprint density at radius 3 is 3.10 bits per heavy atom. The molecular formula is C17H23N3O. The van der Waals surface area contributed by atoms with Crippen LogP contribution in [-0.2, 0) is 4.74 Å². The summed E-state index contributed by atoms with van der Waals surface area (Å²) in [5.74, 6) is 0. The predicted molar refractivity (Wildman–Crippen MR) is 87.6 cm³/mol. The molecule has 0 aliphatic carbocycles. The average molecular weight is 285 g/mol. The van der Waals surface area contributed by atoms with E-state index in [9.17, 15) is 0 Å². The Morgan fingerprint density at radius 2 is 2.24 bits per heavy atom. The minimum Gasteiger partial charge on any atom is -0.396 e. The van der Waals surface area contributed by atoms with Crippen molar-refractivity contribution in [3.8, 4) is 0 Å². The van der Waals surface area contributed by atoms with Gasteiger partial charge in [0.1, 0.15) is 0 Å². The minimum absolute atomic E-state index is 0.310. The Kier molecular flexibility index (Phi) is 4.25. The van der Waals surface area contributed by atoms with Gasteiger partial charge in [0.2, 0.25) is 0 Å². The summed E-state index contributed by atoms with van der Waals surface area (Å²) >= 11 is 0. The fraction of sp³-hybridized carbons (Fsp3) is 0.471. The first-order chi connectivity index (χ1) is 10.3. The highest BCUT2D eigenvalue weighted by Gasteiger charge is 2.23. The van der Waals surface area contributed by atoms with Gasteiger partial charge in [0.15, 0.2) is 0 Å². The molecule has 0 spiro atoms. The molecule has 0 saturated carbocycles. The molecule has 1 atom stereocenters. The van der Waals surface area contributed by atoms with Crippen LogP contribution >= 0.6 is 0 Å². The van der Waals surface area contributed by atoms with E-state index < -0.39 is 0 Å². The maximum Gasteiger partial charge on any atom is 0.0750 e. The van der Waals surface area contributed by atoms with Gasteiger partial charge < -0.3 is 15.4 Å². The lowest BCUT2D eigenvalue weighted by atomic mass is 10.0. The van der Waals surface area contributed by atoms with Crippen molar-refractivity contribution in [2.45, 2.75) is 32.3 Å². The average Bonchev–Trinajstić information content (AvgIpc) is 2.53. The first kappa shape index (κ1) is 14.1. The lowest BCUT2D eigenvalue weighted by molar-refractivity contribution is 0.0441. The third-order valence-corrected chi connectivity index (χ3v) is 4.03. The highest BCUT2D eigenvalue weighted by Crippen LogP contribution is 2.33. The van der Waals surface area contributed by atoms with Gasteiger partial charge in [-0.3, -0.25) is 4.98 Å². The van der Waals surface area contributed by atoms with Gasteiger partial charge >= 0.3 is 0 Å². The van der Waals surface area contributed by atoms with Crippen molar-refractivity contribution in [2.75, 3.05) is 30.3 Å². The number of benzene rings is 1. The second kappa shape index (κ2) is 6.31. The van der Waals surface area contributed by atoms with E-state index in [1.54, 1.807) is 6.20 Å². The highest BCUT2D eigenvalue weighted by molar-refractivity contribution is 5.97. The monoisotopic (exact) mass is 285 g/mol. The number of ether oxygens (including phenoxy) is 1. The van der Waals surface area contributed by atoms with Gasteiger partial charge in [-0.05, 0) is 25.3 Å². The number of para-hydroxylation sites is 1. The molecule has 1 aromatic carbocycles. The normalized spacial score (nSPS) is 19.1. The van der Waals surface area contributed by atoms with Gasteiger partial charge in [-0.1, -0.05) is 25.1 Å². The second-order valence-electron chi connectivity index (χ2n) is 5.66. The number of pyridine rings is 1.